The van der Waals surface area contributed by atoms with Crippen molar-refractivity contribution in [1.29, 1.82) is 0 Å². The standard InChI is InChI=1S/C41H62N10O11/c1-5-23(4)34(51-35(56)28(42)21-52)39(60)50-31(19-25-10-14-27(54)15-11-25)38(59)49-30(18-24-8-12-26(53)13-9-24)37(58)48-29(7-6-16-45-41(43)44)36(57)46-20-33(55)47-32(40(61)62)17-22(2)3/h8-15,22-23,28-32,34,52-54H,5-7,16-21,42H2,1-4H3,(H,46,57)(H,47,55)(H,48,58)(H,49,59)(H,50,60)(H,51,56)(H,61,62)(H4,43,44,45)/t23-,28-,29-,30-,31-,32-,34-/m0/s1. The molecule has 342 valence electrons. The summed E-state index contributed by atoms with van der Waals surface area (Å²) in [7, 11) is 0. The average molecular weight is 871 g/mol. The van der Waals surface area contributed by atoms with Gasteiger partial charge in [0.25, 0.3) is 0 Å². The Bertz CT molecular complexity index is 1840. The number of amides is 6. The van der Waals surface area contributed by atoms with Crippen molar-refractivity contribution in [2.75, 3.05) is 19.7 Å². The van der Waals surface area contributed by atoms with Crippen molar-refractivity contribution in [2.45, 2.75) is 102 Å². The van der Waals surface area contributed by atoms with Crippen molar-refractivity contribution in [2.24, 2.45) is 34.0 Å². The van der Waals surface area contributed by atoms with Gasteiger partial charge in [0.1, 0.15) is 47.8 Å². The van der Waals surface area contributed by atoms with Gasteiger partial charge in [-0.2, -0.15) is 0 Å². The highest BCUT2D eigenvalue weighted by Crippen LogP contribution is 2.16. The zero-order chi connectivity index (χ0) is 46.5. The van der Waals surface area contributed by atoms with Gasteiger partial charge in [0.05, 0.1) is 13.2 Å². The van der Waals surface area contributed by atoms with Crippen molar-refractivity contribution < 1.29 is 54.0 Å². The Morgan fingerprint density at radius 1 is 0.677 bits per heavy atom. The minimum absolute atomic E-state index is 0.0524. The fraction of sp³-hybridized carbons (Fsp3) is 0.512. The molecule has 0 heterocycles. The lowest BCUT2D eigenvalue weighted by atomic mass is 9.96. The van der Waals surface area contributed by atoms with E-state index in [2.05, 4.69) is 36.9 Å². The number of aromatic hydroxyl groups is 2. The molecule has 6 amide bonds. The topological polar surface area (TPSA) is 363 Å². The molecule has 0 spiro atoms. The Hall–Kier alpha value is -6.48. The fourth-order valence-electron chi connectivity index (χ4n) is 6.01. The number of carboxylic acids is 1. The van der Waals surface area contributed by atoms with E-state index in [1.54, 1.807) is 27.7 Å². The van der Waals surface area contributed by atoms with Crippen LogP contribution in [0.15, 0.2) is 53.5 Å². The Kier molecular flexibility index (Phi) is 21.7. The number of aliphatic imine (C=N–C) groups is 1. The maximum Gasteiger partial charge on any atom is 0.326 e. The number of carbonyl (C=O) groups excluding carboxylic acids is 6. The number of nitrogens with two attached hydrogens (primary N) is 3. The summed E-state index contributed by atoms with van der Waals surface area (Å²) in [4.78, 5) is 96.8. The van der Waals surface area contributed by atoms with Crippen LogP contribution in [0.5, 0.6) is 11.5 Å². The Balaban J connectivity index is 2.48. The molecule has 21 nitrogen and oxygen atoms in total. The highest BCUT2D eigenvalue weighted by Gasteiger charge is 2.34. The van der Waals surface area contributed by atoms with E-state index in [1.165, 1.54) is 48.5 Å². The number of rotatable bonds is 26. The first-order valence-electron chi connectivity index (χ1n) is 20.2. The van der Waals surface area contributed by atoms with Crippen LogP contribution >= 0.6 is 0 Å². The van der Waals surface area contributed by atoms with Gasteiger partial charge in [-0.3, -0.25) is 33.8 Å². The second kappa shape index (κ2) is 26.0. The van der Waals surface area contributed by atoms with Crippen LogP contribution in [0.1, 0.15) is 64.5 Å². The van der Waals surface area contributed by atoms with Gasteiger partial charge in [-0.05, 0) is 66.5 Å². The van der Waals surface area contributed by atoms with E-state index in [0.717, 1.165) is 0 Å². The van der Waals surface area contributed by atoms with Gasteiger partial charge in [-0.1, -0.05) is 58.4 Å². The summed E-state index contributed by atoms with van der Waals surface area (Å²) in [6.07, 6.45) is 0.344. The Labute approximate surface area is 360 Å². The third kappa shape index (κ3) is 18.4. The predicted octanol–water partition coefficient (Wildman–Crippen LogP) is -2.03. The fourth-order valence-corrected chi connectivity index (χ4v) is 6.01. The van der Waals surface area contributed by atoms with E-state index in [0.29, 0.717) is 17.5 Å². The van der Waals surface area contributed by atoms with E-state index >= 15 is 0 Å². The molecule has 7 atom stereocenters. The largest absolute Gasteiger partial charge is 0.508 e. The van der Waals surface area contributed by atoms with E-state index < -0.39 is 96.7 Å². The SMILES string of the molecule is CC[C@H](C)[C@H](NC(=O)[C@@H](N)CO)C(=O)N[C@@H](Cc1ccc(O)cc1)C(=O)N[C@@H](Cc1ccc(O)cc1)C(=O)N[C@@H](CCCN=C(N)N)C(=O)NCC(=O)N[C@@H](CC(C)C)C(=O)O. The van der Waals surface area contributed by atoms with Crippen LogP contribution in [-0.2, 0) is 46.4 Å². The van der Waals surface area contributed by atoms with Gasteiger partial charge in [0.2, 0.25) is 35.4 Å². The molecule has 0 fully saturated rings. The van der Waals surface area contributed by atoms with Crippen LogP contribution in [0.4, 0.5) is 0 Å². The Morgan fingerprint density at radius 2 is 1.18 bits per heavy atom. The van der Waals surface area contributed by atoms with Crippen molar-refractivity contribution in [3.8, 4) is 11.5 Å². The summed E-state index contributed by atoms with van der Waals surface area (Å²) in [5, 5.41) is 54.0. The number of aliphatic carboxylic acids is 1. The van der Waals surface area contributed by atoms with Crippen LogP contribution in [0.2, 0.25) is 0 Å². The molecule has 0 aliphatic carbocycles. The van der Waals surface area contributed by atoms with Crippen LogP contribution in [0.3, 0.4) is 0 Å². The van der Waals surface area contributed by atoms with Crippen LogP contribution in [0, 0.1) is 11.8 Å². The first-order chi connectivity index (χ1) is 29.2. The van der Waals surface area contributed by atoms with Crippen LogP contribution in [0.25, 0.3) is 0 Å². The predicted molar refractivity (Wildman–Crippen MR) is 228 cm³/mol. The zero-order valence-corrected chi connectivity index (χ0v) is 35.4. The summed E-state index contributed by atoms with van der Waals surface area (Å²) < 4.78 is 0. The first kappa shape index (κ1) is 51.7. The van der Waals surface area contributed by atoms with Crippen molar-refractivity contribution >= 4 is 47.4 Å². The van der Waals surface area contributed by atoms with Gasteiger partial charge in [-0.25, -0.2) is 4.79 Å². The number of hydrogen-bond acceptors (Lipinski definition) is 12. The molecular weight excluding hydrogens is 809 g/mol. The zero-order valence-electron chi connectivity index (χ0n) is 35.4. The number of aliphatic hydroxyl groups excluding tert-OH is 1. The second-order valence-corrected chi connectivity index (χ2v) is 15.3. The number of nitrogens with one attached hydrogen (secondary N) is 6. The lowest BCUT2D eigenvalue weighted by molar-refractivity contribution is -0.142. The van der Waals surface area contributed by atoms with Crippen LogP contribution in [-0.4, -0.2) is 124 Å². The molecule has 0 unspecified atom stereocenters. The molecule has 0 aliphatic rings. The van der Waals surface area contributed by atoms with Gasteiger partial charge < -0.3 is 69.5 Å². The summed E-state index contributed by atoms with van der Waals surface area (Å²) in [5.41, 5.74) is 17.5. The molecule has 2 aromatic rings. The lowest BCUT2D eigenvalue weighted by Gasteiger charge is -2.28. The van der Waals surface area contributed by atoms with Crippen molar-refractivity contribution in [3.05, 3.63) is 59.7 Å². The molecule has 2 aromatic carbocycles. The van der Waals surface area contributed by atoms with Gasteiger partial charge in [0.15, 0.2) is 5.96 Å². The number of carboxylic acid groups (broad SMARTS) is 1. The molecule has 0 saturated heterocycles. The summed E-state index contributed by atoms with van der Waals surface area (Å²) in [5.74, 6) is -7.00. The third-order valence-corrected chi connectivity index (χ3v) is 9.69. The number of aliphatic hydroxyl groups is 1. The third-order valence-electron chi connectivity index (χ3n) is 9.69. The summed E-state index contributed by atoms with van der Waals surface area (Å²) in [6, 6.07) is 3.70. The molecule has 0 saturated carbocycles. The summed E-state index contributed by atoms with van der Waals surface area (Å²) in [6.45, 7) is 5.79. The van der Waals surface area contributed by atoms with Crippen LogP contribution < -0.4 is 49.1 Å². The number of phenolic OH excluding ortho intramolecular Hbond substituents is 2. The lowest BCUT2D eigenvalue weighted by Crippen LogP contribution is -2.60. The highest BCUT2D eigenvalue weighted by atomic mass is 16.4. The second-order valence-electron chi connectivity index (χ2n) is 15.3. The number of nitrogens with zero attached hydrogens (tertiary/aromatic N) is 1. The number of benzene rings is 2. The quantitative estimate of drug-likeness (QED) is 0.0276. The average Bonchev–Trinajstić information content (AvgIpc) is 3.22. The van der Waals surface area contributed by atoms with E-state index in [4.69, 9.17) is 17.2 Å². The minimum Gasteiger partial charge on any atom is -0.508 e. The molecule has 0 radical (unpaired) electrons. The maximum atomic E-state index is 14.3. The van der Waals surface area contributed by atoms with E-state index in [9.17, 15) is 54.0 Å². The van der Waals surface area contributed by atoms with Gasteiger partial charge in [-0.15, -0.1) is 0 Å². The molecule has 21 heteroatoms. The molecule has 0 bridgehead atoms. The molecule has 0 aromatic heterocycles. The molecule has 16 N–H and O–H groups in total. The van der Waals surface area contributed by atoms with E-state index in [-0.39, 0.29) is 62.0 Å². The highest BCUT2D eigenvalue weighted by molar-refractivity contribution is 5.97. The molecule has 0 aliphatic heterocycles. The monoisotopic (exact) mass is 870 g/mol. The number of phenols is 2. The minimum atomic E-state index is -1.43. The molecular formula is C41H62N10O11. The number of hydrogen-bond donors (Lipinski definition) is 13. The van der Waals surface area contributed by atoms with Gasteiger partial charge >= 0.3 is 5.97 Å². The first-order valence-corrected chi connectivity index (χ1v) is 20.2. The maximum absolute atomic E-state index is 14.3. The molecule has 2 rings (SSSR count). The Morgan fingerprint density at radius 3 is 1.63 bits per heavy atom. The van der Waals surface area contributed by atoms with Crippen molar-refractivity contribution in [1.82, 2.24) is 31.9 Å². The smallest absolute Gasteiger partial charge is 0.326 e. The molecule has 62 heavy (non-hydrogen) atoms. The van der Waals surface area contributed by atoms with E-state index in [1.807, 2.05) is 0 Å². The summed E-state index contributed by atoms with van der Waals surface area (Å²) >= 11 is 0. The number of carbonyl (C=O) groups is 7. The van der Waals surface area contributed by atoms with Gasteiger partial charge in [0, 0.05) is 19.4 Å². The number of guanidine groups is 1. The van der Waals surface area contributed by atoms with Crippen molar-refractivity contribution in [3.63, 3.8) is 0 Å². The normalized spacial score (nSPS) is 14.4.